The van der Waals surface area contributed by atoms with Gasteiger partial charge in [0.25, 0.3) is 0 Å². The van der Waals surface area contributed by atoms with E-state index in [4.69, 9.17) is 5.73 Å². The monoisotopic (exact) mass is 283 g/mol. The second kappa shape index (κ2) is 5.44. The average molecular weight is 283 g/mol. The molecule has 0 saturated heterocycles. The first-order chi connectivity index (χ1) is 10.2. The first kappa shape index (κ1) is 13.4. The number of rotatable bonds is 2. The number of benzene rings is 2. The molecule has 1 aliphatic heterocycles. The molecule has 0 spiro atoms. The Hall–Kier alpha value is -2.56. The Kier molecular flexibility index (Phi) is 3.48. The van der Waals surface area contributed by atoms with Crippen LogP contribution in [0, 0.1) is 10.1 Å². The molecule has 0 atom stereocenters. The van der Waals surface area contributed by atoms with Crippen LogP contribution in [0.5, 0.6) is 0 Å². The van der Waals surface area contributed by atoms with Crippen molar-refractivity contribution in [1.82, 2.24) is 0 Å². The van der Waals surface area contributed by atoms with Gasteiger partial charge in [-0.3, -0.25) is 10.1 Å². The van der Waals surface area contributed by atoms with Gasteiger partial charge in [0, 0.05) is 13.1 Å². The summed E-state index contributed by atoms with van der Waals surface area (Å²) in [5.41, 5.74) is 9.29. The van der Waals surface area contributed by atoms with Crippen LogP contribution in [-0.4, -0.2) is 18.0 Å². The molecule has 108 valence electrons. The highest BCUT2D eigenvalue weighted by Gasteiger charge is 2.23. The Morgan fingerprint density at radius 1 is 1.00 bits per heavy atom. The molecular formula is C16H17N3O2. The summed E-state index contributed by atoms with van der Waals surface area (Å²) in [6.07, 6.45) is 1.78. The highest BCUT2D eigenvalue weighted by atomic mass is 16.6. The molecule has 3 rings (SSSR count). The lowest BCUT2D eigenvalue weighted by Crippen LogP contribution is -2.27. The predicted octanol–water partition coefficient (Wildman–Crippen LogP) is 2.78. The van der Waals surface area contributed by atoms with Gasteiger partial charge in [-0.1, -0.05) is 30.3 Å². The van der Waals surface area contributed by atoms with E-state index in [0.717, 1.165) is 25.9 Å². The molecule has 0 amide bonds. The number of nitrogen functional groups attached to an aromatic ring is 1. The SMILES string of the molecule is Nc1cccc(N2CCc3ccccc3CC2)c1[N+](=O)[O-]. The number of nitro benzene ring substituents is 1. The van der Waals surface area contributed by atoms with Gasteiger partial charge in [0.15, 0.2) is 0 Å². The standard InChI is InChI=1S/C16H17N3O2/c17-14-6-3-7-15(16(14)19(20)21)18-10-8-12-4-1-2-5-13(12)9-11-18/h1-7H,8-11,17H2. The molecule has 0 unspecified atom stereocenters. The summed E-state index contributed by atoms with van der Waals surface area (Å²) >= 11 is 0. The zero-order chi connectivity index (χ0) is 14.8. The number of hydrogen-bond donors (Lipinski definition) is 1. The maximum absolute atomic E-state index is 11.3. The van der Waals surface area contributed by atoms with Gasteiger partial charge in [0.2, 0.25) is 0 Å². The van der Waals surface area contributed by atoms with E-state index in [1.54, 1.807) is 18.2 Å². The number of para-hydroxylation sites is 1. The summed E-state index contributed by atoms with van der Waals surface area (Å²) < 4.78 is 0. The topological polar surface area (TPSA) is 72.4 Å². The van der Waals surface area contributed by atoms with E-state index in [2.05, 4.69) is 17.0 Å². The molecule has 0 saturated carbocycles. The molecule has 5 heteroatoms. The smallest absolute Gasteiger partial charge is 0.315 e. The fourth-order valence-corrected chi connectivity index (χ4v) is 2.91. The Morgan fingerprint density at radius 2 is 1.62 bits per heavy atom. The maximum atomic E-state index is 11.3. The van der Waals surface area contributed by atoms with E-state index < -0.39 is 0 Å². The minimum atomic E-state index is -0.386. The second-order valence-corrected chi connectivity index (χ2v) is 5.23. The summed E-state index contributed by atoms with van der Waals surface area (Å²) in [4.78, 5) is 13.0. The zero-order valence-corrected chi connectivity index (χ0v) is 11.7. The van der Waals surface area contributed by atoms with Crippen molar-refractivity contribution in [2.45, 2.75) is 12.8 Å². The summed E-state index contributed by atoms with van der Waals surface area (Å²) in [5.74, 6) is 0. The van der Waals surface area contributed by atoms with E-state index in [-0.39, 0.29) is 16.3 Å². The molecule has 0 aliphatic carbocycles. The number of nitro groups is 1. The predicted molar refractivity (Wildman–Crippen MR) is 83.6 cm³/mol. The fourth-order valence-electron chi connectivity index (χ4n) is 2.91. The van der Waals surface area contributed by atoms with Crippen LogP contribution in [0.2, 0.25) is 0 Å². The maximum Gasteiger partial charge on any atom is 0.315 e. The molecule has 1 heterocycles. The van der Waals surface area contributed by atoms with Gasteiger partial charge >= 0.3 is 5.69 Å². The van der Waals surface area contributed by atoms with Crippen molar-refractivity contribution in [2.75, 3.05) is 23.7 Å². The van der Waals surface area contributed by atoms with Crippen LogP contribution in [0.15, 0.2) is 42.5 Å². The Bertz CT molecular complexity index is 658. The van der Waals surface area contributed by atoms with Crippen molar-refractivity contribution in [3.05, 3.63) is 63.7 Å². The lowest BCUT2D eigenvalue weighted by Gasteiger charge is -2.22. The van der Waals surface area contributed by atoms with Gasteiger partial charge < -0.3 is 10.6 Å². The molecule has 0 fully saturated rings. The largest absolute Gasteiger partial charge is 0.393 e. The van der Waals surface area contributed by atoms with Gasteiger partial charge in [-0.25, -0.2) is 0 Å². The summed E-state index contributed by atoms with van der Waals surface area (Å²) in [5, 5.41) is 11.3. The van der Waals surface area contributed by atoms with Crippen LogP contribution < -0.4 is 10.6 Å². The third-order valence-electron chi connectivity index (χ3n) is 3.99. The molecule has 5 nitrogen and oxygen atoms in total. The summed E-state index contributed by atoms with van der Waals surface area (Å²) in [6.45, 7) is 1.53. The number of fused-ring (bicyclic) bond motifs is 1. The van der Waals surface area contributed by atoms with Gasteiger partial charge in [-0.2, -0.15) is 0 Å². The van der Waals surface area contributed by atoms with Gasteiger partial charge in [0.05, 0.1) is 4.92 Å². The third-order valence-corrected chi connectivity index (χ3v) is 3.99. The first-order valence-electron chi connectivity index (χ1n) is 7.01. The van der Waals surface area contributed by atoms with Gasteiger partial charge in [-0.05, 0) is 36.1 Å². The average Bonchev–Trinajstić information content (AvgIpc) is 2.69. The van der Waals surface area contributed by atoms with Crippen molar-refractivity contribution < 1.29 is 4.92 Å². The van der Waals surface area contributed by atoms with Crippen LogP contribution >= 0.6 is 0 Å². The van der Waals surface area contributed by atoms with Crippen molar-refractivity contribution in [2.24, 2.45) is 0 Å². The van der Waals surface area contributed by atoms with E-state index in [9.17, 15) is 10.1 Å². The van der Waals surface area contributed by atoms with E-state index in [0.29, 0.717) is 5.69 Å². The van der Waals surface area contributed by atoms with Crippen LogP contribution in [0.3, 0.4) is 0 Å². The van der Waals surface area contributed by atoms with Crippen molar-refractivity contribution in [3.8, 4) is 0 Å². The van der Waals surface area contributed by atoms with Crippen LogP contribution in [0.1, 0.15) is 11.1 Å². The Balaban J connectivity index is 1.93. The number of nitrogens with two attached hydrogens (primary N) is 1. The Labute approximate surface area is 123 Å². The molecule has 1 aliphatic rings. The minimum Gasteiger partial charge on any atom is -0.393 e. The second-order valence-electron chi connectivity index (χ2n) is 5.23. The van der Waals surface area contributed by atoms with Gasteiger partial charge in [0.1, 0.15) is 11.4 Å². The lowest BCUT2D eigenvalue weighted by molar-refractivity contribution is -0.383. The quantitative estimate of drug-likeness (QED) is 0.522. The molecule has 0 bridgehead atoms. The fraction of sp³-hybridized carbons (Fsp3) is 0.250. The molecule has 2 aromatic carbocycles. The van der Waals surface area contributed by atoms with Gasteiger partial charge in [-0.15, -0.1) is 0 Å². The van der Waals surface area contributed by atoms with Crippen molar-refractivity contribution in [3.63, 3.8) is 0 Å². The zero-order valence-electron chi connectivity index (χ0n) is 11.7. The third kappa shape index (κ3) is 2.54. The molecule has 21 heavy (non-hydrogen) atoms. The van der Waals surface area contributed by atoms with E-state index in [1.807, 2.05) is 12.1 Å². The molecule has 2 N–H and O–H groups in total. The van der Waals surface area contributed by atoms with E-state index in [1.165, 1.54) is 11.1 Å². The Morgan fingerprint density at radius 3 is 2.19 bits per heavy atom. The van der Waals surface area contributed by atoms with Crippen molar-refractivity contribution >= 4 is 17.1 Å². The highest BCUT2D eigenvalue weighted by Crippen LogP contribution is 2.34. The molecule has 2 aromatic rings. The highest BCUT2D eigenvalue weighted by molar-refractivity contribution is 5.75. The van der Waals surface area contributed by atoms with E-state index >= 15 is 0 Å². The summed E-state index contributed by atoms with van der Waals surface area (Å²) in [6, 6.07) is 13.5. The number of anilines is 2. The molecular weight excluding hydrogens is 266 g/mol. The molecule has 0 aromatic heterocycles. The minimum absolute atomic E-state index is 0.0171. The first-order valence-corrected chi connectivity index (χ1v) is 7.01. The van der Waals surface area contributed by atoms with Crippen LogP contribution in [-0.2, 0) is 12.8 Å². The summed E-state index contributed by atoms with van der Waals surface area (Å²) in [7, 11) is 0. The van der Waals surface area contributed by atoms with Crippen molar-refractivity contribution in [1.29, 1.82) is 0 Å². The van der Waals surface area contributed by atoms with Crippen LogP contribution in [0.25, 0.3) is 0 Å². The number of nitrogens with zero attached hydrogens (tertiary/aromatic N) is 2. The lowest BCUT2D eigenvalue weighted by atomic mass is 10.0. The normalized spacial score (nSPS) is 14.4. The number of hydrogen-bond acceptors (Lipinski definition) is 4. The van der Waals surface area contributed by atoms with Crippen LogP contribution in [0.4, 0.5) is 17.1 Å². The molecule has 0 radical (unpaired) electrons.